The summed E-state index contributed by atoms with van der Waals surface area (Å²) in [5.41, 5.74) is 2.69. The first-order chi connectivity index (χ1) is 8.95. The molecule has 1 unspecified atom stereocenters. The summed E-state index contributed by atoms with van der Waals surface area (Å²) in [4.78, 5) is 0. The van der Waals surface area contributed by atoms with E-state index < -0.39 is 0 Å². The fourth-order valence-corrected chi connectivity index (χ4v) is 3.26. The molecule has 0 radical (unpaired) electrons. The van der Waals surface area contributed by atoms with Crippen LogP contribution in [0.4, 0.5) is 0 Å². The van der Waals surface area contributed by atoms with E-state index in [0.717, 1.165) is 29.9 Å². The fraction of sp³-hybridized carbons (Fsp3) is 0.500. The topological polar surface area (TPSA) is 18.5 Å². The Kier molecular flexibility index (Phi) is 4.10. The molecule has 0 aromatic heterocycles. The number of rotatable bonds is 3. The van der Waals surface area contributed by atoms with Crippen LogP contribution in [0.25, 0.3) is 5.57 Å². The van der Waals surface area contributed by atoms with Gasteiger partial charge in [0, 0.05) is 0 Å². The van der Waals surface area contributed by atoms with E-state index in [1.807, 2.05) is 12.1 Å². The summed E-state index contributed by atoms with van der Waals surface area (Å²) in [6.45, 7) is 4.52. The molecule has 1 atom stereocenters. The van der Waals surface area contributed by atoms with Crippen molar-refractivity contribution in [1.29, 1.82) is 0 Å². The standard InChI is InChI=1S/C16H21ClO2/c1-16(2)9-12(7-13(17)10-16)11-5-6-14(18-3)15(8-11)19-4/h5-8,13H,9-10H2,1-4H3. The average molecular weight is 281 g/mol. The van der Waals surface area contributed by atoms with Gasteiger partial charge in [0.1, 0.15) is 0 Å². The van der Waals surface area contributed by atoms with Gasteiger partial charge in [-0.1, -0.05) is 26.0 Å². The lowest BCUT2D eigenvalue weighted by Gasteiger charge is -2.32. The third-order valence-corrected chi connectivity index (χ3v) is 3.83. The average Bonchev–Trinajstić information content (AvgIpc) is 2.35. The summed E-state index contributed by atoms with van der Waals surface area (Å²) < 4.78 is 10.6. The predicted octanol–water partition coefficient (Wildman–Crippen LogP) is 4.51. The number of benzene rings is 1. The van der Waals surface area contributed by atoms with Crippen LogP contribution >= 0.6 is 11.6 Å². The van der Waals surface area contributed by atoms with E-state index in [9.17, 15) is 0 Å². The third-order valence-electron chi connectivity index (χ3n) is 3.55. The molecular weight excluding hydrogens is 260 g/mol. The van der Waals surface area contributed by atoms with Gasteiger partial charge in [-0.15, -0.1) is 11.6 Å². The summed E-state index contributed by atoms with van der Waals surface area (Å²) in [5, 5.41) is 0.104. The zero-order valence-electron chi connectivity index (χ0n) is 12.0. The van der Waals surface area contributed by atoms with Crippen LogP contribution < -0.4 is 9.47 Å². The van der Waals surface area contributed by atoms with Crippen molar-refractivity contribution in [2.75, 3.05) is 14.2 Å². The van der Waals surface area contributed by atoms with Crippen LogP contribution in [0, 0.1) is 5.41 Å². The minimum absolute atomic E-state index is 0.104. The van der Waals surface area contributed by atoms with Gasteiger partial charge in [0.2, 0.25) is 0 Å². The molecule has 0 saturated heterocycles. The lowest BCUT2D eigenvalue weighted by molar-refractivity contribution is 0.340. The molecule has 0 amide bonds. The van der Waals surface area contributed by atoms with Crippen molar-refractivity contribution in [3.63, 3.8) is 0 Å². The molecule has 1 aromatic rings. The van der Waals surface area contributed by atoms with Gasteiger partial charge in [-0.2, -0.15) is 0 Å². The zero-order chi connectivity index (χ0) is 14.0. The molecule has 0 spiro atoms. The van der Waals surface area contributed by atoms with Crippen LogP contribution in [0.3, 0.4) is 0 Å². The van der Waals surface area contributed by atoms with Crippen LogP contribution in [0.15, 0.2) is 24.3 Å². The van der Waals surface area contributed by atoms with E-state index in [2.05, 4.69) is 26.0 Å². The lowest BCUT2D eigenvalue weighted by atomic mass is 9.75. The molecule has 3 heteroatoms. The molecule has 0 N–H and O–H groups in total. The molecule has 0 saturated carbocycles. The highest BCUT2D eigenvalue weighted by Gasteiger charge is 2.28. The van der Waals surface area contributed by atoms with Crippen molar-refractivity contribution in [2.24, 2.45) is 5.41 Å². The molecule has 1 aliphatic carbocycles. The second kappa shape index (κ2) is 5.46. The number of halogens is 1. The minimum atomic E-state index is 0.104. The zero-order valence-corrected chi connectivity index (χ0v) is 12.8. The van der Waals surface area contributed by atoms with Crippen LogP contribution in [0.5, 0.6) is 11.5 Å². The molecule has 19 heavy (non-hydrogen) atoms. The maximum Gasteiger partial charge on any atom is 0.161 e. The SMILES string of the molecule is COc1ccc(C2=CC(Cl)CC(C)(C)C2)cc1OC. The monoisotopic (exact) mass is 280 g/mol. The summed E-state index contributed by atoms with van der Waals surface area (Å²) in [6, 6.07) is 6.04. The molecule has 2 nitrogen and oxygen atoms in total. The van der Waals surface area contributed by atoms with Crippen LogP contribution in [0.1, 0.15) is 32.3 Å². The van der Waals surface area contributed by atoms with E-state index in [-0.39, 0.29) is 10.8 Å². The lowest BCUT2D eigenvalue weighted by Crippen LogP contribution is -2.21. The van der Waals surface area contributed by atoms with Crippen LogP contribution in [-0.2, 0) is 0 Å². The van der Waals surface area contributed by atoms with Gasteiger partial charge in [0.15, 0.2) is 11.5 Å². The molecule has 0 fully saturated rings. The Morgan fingerprint density at radius 2 is 1.84 bits per heavy atom. The van der Waals surface area contributed by atoms with Crippen LogP contribution in [-0.4, -0.2) is 19.6 Å². The van der Waals surface area contributed by atoms with Crippen molar-refractivity contribution in [3.8, 4) is 11.5 Å². The van der Waals surface area contributed by atoms with E-state index in [1.165, 1.54) is 5.57 Å². The molecule has 1 aromatic carbocycles. The highest BCUT2D eigenvalue weighted by Crippen LogP contribution is 2.42. The molecule has 1 aliphatic rings. The number of hydrogen-bond donors (Lipinski definition) is 0. The first kappa shape index (κ1) is 14.3. The Morgan fingerprint density at radius 3 is 2.42 bits per heavy atom. The van der Waals surface area contributed by atoms with Crippen LogP contribution in [0.2, 0.25) is 0 Å². The largest absolute Gasteiger partial charge is 0.493 e. The number of hydrogen-bond acceptors (Lipinski definition) is 2. The third kappa shape index (κ3) is 3.24. The van der Waals surface area contributed by atoms with Gasteiger partial charge in [-0.25, -0.2) is 0 Å². The highest BCUT2D eigenvalue weighted by atomic mass is 35.5. The fourth-order valence-electron chi connectivity index (χ4n) is 2.69. The normalized spacial score (nSPS) is 21.7. The van der Waals surface area contributed by atoms with Crippen molar-refractivity contribution >= 4 is 17.2 Å². The molecule has 0 bridgehead atoms. The van der Waals surface area contributed by atoms with Gasteiger partial charge in [0.05, 0.1) is 19.6 Å². The highest BCUT2D eigenvalue weighted by molar-refractivity contribution is 6.22. The van der Waals surface area contributed by atoms with E-state index in [1.54, 1.807) is 14.2 Å². The second-order valence-corrected chi connectivity index (χ2v) is 6.38. The first-order valence-corrected chi connectivity index (χ1v) is 6.96. The van der Waals surface area contributed by atoms with E-state index >= 15 is 0 Å². The Bertz CT molecular complexity index is 492. The smallest absolute Gasteiger partial charge is 0.161 e. The molecule has 104 valence electrons. The van der Waals surface area contributed by atoms with Gasteiger partial charge in [0.25, 0.3) is 0 Å². The minimum Gasteiger partial charge on any atom is -0.493 e. The maximum absolute atomic E-state index is 6.35. The summed E-state index contributed by atoms with van der Waals surface area (Å²) in [7, 11) is 3.31. The molecule has 0 aliphatic heterocycles. The Balaban J connectivity index is 2.36. The van der Waals surface area contributed by atoms with Crippen molar-refractivity contribution < 1.29 is 9.47 Å². The second-order valence-electron chi connectivity index (χ2n) is 5.82. The van der Waals surface area contributed by atoms with E-state index in [4.69, 9.17) is 21.1 Å². The Hall–Kier alpha value is -1.15. The summed E-state index contributed by atoms with van der Waals surface area (Å²) in [5.74, 6) is 1.51. The Labute approximate surface area is 120 Å². The number of allylic oxidation sites excluding steroid dienone is 2. The Morgan fingerprint density at radius 1 is 1.16 bits per heavy atom. The van der Waals surface area contributed by atoms with E-state index in [0.29, 0.717) is 0 Å². The molecule has 0 heterocycles. The number of methoxy groups -OCH3 is 2. The maximum atomic E-state index is 6.35. The number of ether oxygens (including phenoxy) is 2. The molecular formula is C16H21ClO2. The molecule has 2 rings (SSSR count). The summed E-state index contributed by atoms with van der Waals surface area (Å²) >= 11 is 6.35. The predicted molar refractivity (Wildman–Crippen MR) is 80.2 cm³/mol. The van der Waals surface area contributed by atoms with Crippen molar-refractivity contribution in [2.45, 2.75) is 32.1 Å². The van der Waals surface area contributed by atoms with Gasteiger partial charge in [-0.3, -0.25) is 0 Å². The van der Waals surface area contributed by atoms with Gasteiger partial charge >= 0.3 is 0 Å². The first-order valence-electron chi connectivity index (χ1n) is 6.52. The number of alkyl halides is 1. The van der Waals surface area contributed by atoms with Crippen molar-refractivity contribution in [1.82, 2.24) is 0 Å². The van der Waals surface area contributed by atoms with Gasteiger partial charge in [-0.05, 0) is 41.5 Å². The van der Waals surface area contributed by atoms with Crippen molar-refractivity contribution in [3.05, 3.63) is 29.8 Å². The summed E-state index contributed by atoms with van der Waals surface area (Å²) in [6.07, 6.45) is 4.21. The van der Waals surface area contributed by atoms with Gasteiger partial charge < -0.3 is 9.47 Å². The quantitative estimate of drug-likeness (QED) is 0.758.